The van der Waals surface area contributed by atoms with Gasteiger partial charge in [0.2, 0.25) is 0 Å². The minimum atomic E-state index is -0.851. The molecule has 0 fully saturated rings. The number of nitro benzene ring substituents is 1. The van der Waals surface area contributed by atoms with Gasteiger partial charge >= 0.3 is 5.97 Å². The number of nitrogens with zero attached hydrogens (tertiary/aromatic N) is 3. The molecule has 1 atom stereocenters. The van der Waals surface area contributed by atoms with Gasteiger partial charge in [0.25, 0.3) is 11.2 Å². The average Bonchev–Trinajstić information content (AvgIpc) is 3.30. The minimum absolute atomic E-state index is 0.0255. The van der Waals surface area contributed by atoms with Crippen LogP contribution in [0, 0.1) is 10.1 Å². The highest BCUT2D eigenvalue weighted by Gasteiger charge is 2.34. The van der Waals surface area contributed by atoms with Crippen LogP contribution in [0.2, 0.25) is 5.02 Å². The van der Waals surface area contributed by atoms with Crippen molar-refractivity contribution in [2.75, 3.05) is 13.7 Å². The van der Waals surface area contributed by atoms with Gasteiger partial charge < -0.3 is 14.2 Å². The smallest absolute Gasteiger partial charge is 0.338 e. The lowest BCUT2D eigenvalue weighted by Gasteiger charge is -2.25. The molecule has 10 nitrogen and oxygen atoms in total. The molecule has 5 rings (SSSR count). The largest absolute Gasteiger partial charge is 0.493 e. The van der Waals surface area contributed by atoms with Crippen molar-refractivity contribution in [2.45, 2.75) is 26.5 Å². The van der Waals surface area contributed by atoms with E-state index >= 15 is 0 Å². The standard InChI is InChI=1S/C31H25BrClN3O7S/c1-4-42-30(38)26-17(2)34-31-35(27(26)22-7-5-6-8-23(22)33)29(37)25(44-31)14-19-13-20(32)15-24(41-3)28(19)43-16-18-9-11-21(12-10-18)36(39)40/h5-15,27H,4,16H2,1-3H3/b25-14-/t27-/m1/s1. The molecule has 44 heavy (non-hydrogen) atoms. The van der Waals surface area contributed by atoms with E-state index < -0.39 is 16.9 Å². The highest BCUT2D eigenvalue weighted by Crippen LogP contribution is 2.37. The first-order valence-electron chi connectivity index (χ1n) is 13.3. The molecular weight excluding hydrogens is 674 g/mol. The van der Waals surface area contributed by atoms with Crippen LogP contribution >= 0.6 is 38.9 Å². The summed E-state index contributed by atoms with van der Waals surface area (Å²) >= 11 is 11.3. The van der Waals surface area contributed by atoms with Gasteiger partial charge in [0.15, 0.2) is 16.3 Å². The number of nitro groups is 1. The fourth-order valence-corrected chi connectivity index (χ4v) is 6.53. The Morgan fingerprint density at radius 1 is 1.20 bits per heavy atom. The lowest BCUT2D eigenvalue weighted by molar-refractivity contribution is -0.384. The van der Waals surface area contributed by atoms with Gasteiger partial charge in [0, 0.05) is 27.2 Å². The van der Waals surface area contributed by atoms with E-state index in [-0.39, 0.29) is 30.0 Å². The van der Waals surface area contributed by atoms with Crippen molar-refractivity contribution in [3.8, 4) is 11.5 Å². The van der Waals surface area contributed by atoms with Gasteiger partial charge in [-0.2, -0.15) is 0 Å². The number of rotatable bonds is 9. The maximum Gasteiger partial charge on any atom is 0.338 e. The van der Waals surface area contributed by atoms with Crippen LogP contribution in [0.3, 0.4) is 0 Å². The first kappa shape index (κ1) is 31.2. The third kappa shape index (κ3) is 6.19. The van der Waals surface area contributed by atoms with Crippen LogP contribution in [0.5, 0.6) is 11.5 Å². The molecule has 0 N–H and O–H groups in total. The minimum Gasteiger partial charge on any atom is -0.493 e. The van der Waals surface area contributed by atoms with Crippen molar-refractivity contribution in [3.63, 3.8) is 0 Å². The zero-order valence-electron chi connectivity index (χ0n) is 23.7. The number of thiazole rings is 1. The van der Waals surface area contributed by atoms with E-state index in [2.05, 4.69) is 20.9 Å². The highest BCUT2D eigenvalue weighted by molar-refractivity contribution is 9.10. The summed E-state index contributed by atoms with van der Waals surface area (Å²) in [6, 6.07) is 15.7. The number of aromatic nitrogens is 1. The van der Waals surface area contributed by atoms with E-state index in [1.165, 1.54) is 23.8 Å². The summed E-state index contributed by atoms with van der Waals surface area (Å²) in [5, 5.41) is 11.4. The van der Waals surface area contributed by atoms with Crippen molar-refractivity contribution in [1.29, 1.82) is 0 Å². The second-order valence-corrected chi connectivity index (χ2v) is 11.9. The number of methoxy groups -OCH3 is 1. The Bertz CT molecular complexity index is 1990. The molecule has 226 valence electrons. The Labute approximate surface area is 268 Å². The Balaban J connectivity index is 1.64. The van der Waals surface area contributed by atoms with Crippen LogP contribution in [0.25, 0.3) is 6.08 Å². The second kappa shape index (κ2) is 13.2. The topological polar surface area (TPSA) is 122 Å². The predicted octanol–water partition coefficient (Wildman–Crippen LogP) is 5.71. The van der Waals surface area contributed by atoms with Gasteiger partial charge in [-0.25, -0.2) is 9.79 Å². The van der Waals surface area contributed by atoms with Crippen LogP contribution < -0.4 is 24.4 Å². The number of hydrogen-bond donors (Lipinski definition) is 0. The monoisotopic (exact) mass is 697 g/mol. The Kier molecular flexibility index (Phi) is 9.33. The number of fused-ring (bicyclic) bond motifs is 1. The van der Waals surface area contributed by atoms with E-state index in [9.17, 15) is 19.7 Å². The normalized spacial score (nSPS) is 14.6. The summed E-state index contributed by atoms with van der Waals surface area (Å²) in [4.78, 5) is 42.8. The maximum absolute atomic E-state index is 14.1. The number of benzene rings is 3. The van der Waals surface area contributed by atoms with Gasteiger partial charge in [-0.1, -0.05) is 57.1 Å². The van der Waals surface area contributed by atoms with Crippen molar-refractivity contribution in [1.82, 2.24) is 4.57 Å². The molecule has 0 unspecified atom stereocenters. The van der Waals surface area contributed by atoms with Crippen molar-refractivity contribution in [2.24, 2.45) is 4.99 Å². The van der Waals surface area contributed by atoms with Crippen molar-refractivity contribution >= 4 is 56.6 Å². The lowest BCUT2D eigenvalue weighted by atomic mass is 9.96. The van der Waals surface area contributed by atoms with Crippen LogP contribution in [-0.4, -0.2) is 29.2 Å². The number of allylic oxidation sites excluding steroid dienone is 1. The molecule has 1 aliphatic heterocycles. The van der Waals surface area contributed by atoms with Crippen molar-refractivity contribution in [3.05, 3.63) is 128 Å². The van der Waals surface area contributed by atoms with Crippen LogP contribution in [0.4, 0.5) is 5.69 Å². The Morgan fingerprint density at radius 3 is 2.59 bits per heavy atom. The van der Waals surface area contributed by atoms with E-state index in [0.717, 1.165) is 11.3 Å². The van der Waals surface area contributed by atoms with Gasteiger partial charge in [0.05, 0.1) is 34.4 Å². The van der Waals surface area contributed by atoms with Crippen molar-refractivity contribution < 1.29 is 23.9 Å². The molecule has 1 aromatic heterocycles. The summed E-state index contributed by atoms with van der Waals surface area (Å²) in [5.74, 6) is 0.201. The number of hydrogen-bond acceptors (Lipinski definition) is 9. The Morgan fingerprint density at radius 2 is 1.93 bits per heavy atom. The number of halogens is 2. The van der Waals surface area contributed by atoms with Gasteiger partial charge in [-0.15, -0.1) is 0 Å². The van der Waals surface area contributed by atoms with E-state index in [1.54, 1.807) is 68.5 Å². The summed E-state index contributed by atoms with van der Waals surface area (Å²) in [6.07, 6.45) is 1.68. The summed E-state index contributed by atoms with van der Waals surface area (Å²) in [5.41, 5.74) is 2.06. The van der Waals surface area contributed by atoms with Crippen LogP contribution in [0.1, 0.15) is 36.6 Å². The second-order valence-electron chi connectivity index (χ2n) is 9.56. The first-order chi connectivity index (χ1) is 21.1. The molecule has 0 spiro atoms. The predicted molar refractivity (Wildman–Crippen MR) is 170 cm³/mol. The fraction of sp³-hybridized carbons (Fsp3) is 0.194. The molecule has 0 aliphatic carbocycles. The van der Waals surface area contributed by atoms with Crippen LogP contribution in [0.15, 0.2) is 86.2 Å². The summed E-state index contributed by atoms with van der Waals surface area (Å²) < 4.78 is 19.6. The number of carbonyl (C=O) groups is 1. The summed E-state index contributed by atoms with van der Waals surface area (Å²) in [6.45, 7) is 3.66. The molecule has 1 aliphatic rings. The maximum atomic E-state index is 14.1. The molecule has 0 radical (unpaired) electrons. The molecule has 4 aromatic rings. The SMILES string of the molecule is CCOC(=O)C1=C(C)N=c2s/c(=C\c3cc(Br)cc(OC)c3OCc3ccc([N+](=O)[O-])cc3)c(=O)n2[C@@H]1c1ccccc1Cl. The molecule has 0 amide bonds. The van der Waals surface area contributed by atoms with Gasteiger partial charge in [-0.3, -0.25) is 19.5 Å². The van der Waals surface area contributed by atoms with E-state index in [0.29, 0.717) is 52.7 Å². The third-order valence-corrected chi connectivity index (χ3v) is 8.59. The van der Waals surface area contributed by atoms with E-state index in [1.807, 2.05) is 0 Å². The third-order valence-electron chi connectivity index (χ3n) is 6.80. The molecule has 0 bridgehead atoms. The highest BCUT2D eigenvalue weighted by atomic mass is 79.9. The van der Waals surface area contributed by atoms with E-state index in [4.69, 9.17) is 25.8 Å². The first-order valence-corrected chi connectivity index (χ1v) is 15.3. The van der Waals surface area contributed by atoms with Gasteiger partial charge in [-0.05, 0) is 61.4 Å². The molecule has 13 heteroatoms. The Hall–Kier alpha value is -4.26. The zero-order valence-corrected chi connectivity index (χ0v) is 26.9. The number of ether oxygens (including phenoxy) is 3. The molecule has 0 saturated carbocycles. The fourth-order valence-electron chi connectivity index (χ4n) is 4.80. The molecule has 0 saturated heterocycles. The number of esters is 1. The summed E-state index contributed by atoms with van der Waals surface area (Å²) in [7, 11) is 1.50. The quantitative estimate of drug-likeness (QED) is 0.125. The lowest BCUT2D eigenvalue weighted by Crippen LogP contribution is -2.40. The molecule has 2 heterocycles. The molecular formula is C31H25BrClN3O7S. The van der Waals surface area contributed by atoms with Gasteiger partial charge in [0.1, 0.15) is 12.6 Å². The average molecular weight is 699 g/mol. The van der Waals surface area contributed by atoms with Crippen LogP contribution in [-0.2, 0) is 16.1 Å². The number of non-ortho nitro benzene ring substituents is 1. The molecule has 3 aromatic carbocycles. The number of carbonyl (C=O) groups excluding carboxylic acids is 1. The zero-order chi connectivity index (χ0) is 31.5.